The summed E-state index contributed by atoms with van der Waals surface area (Å²) in [6.07, 6.45) is 2.85. The average molecular weight is 348 g/mol. The molecule has 0 saturated carbocycles. The Bertz CT molecular complexity index is 655. The molecule has 0 atom stereocenters. The number of hydrogen-bond donors (Lipinski definition) is 1. The van der Waals surface area contributed by atoms with Gasteiger partial charge in [0.2, 0.25) is 10.0 Å². The zero-order valence-corrected chi connectivity index (χ0v) is 12.6. The van der Waals surface area contributed by atoms with Crippen LogP contribution >= 0.6 is 27.3 Å². The van der Waals surface area contributed by atoms with E-state index in [0.29, 0.717) is 4.47 Å². The van der Waals surface area contributed by atoms with E-state index in [0.717, 1.165) is 10.6 Å². The minimum atomic E-state index is -3.54. The van der Waals surface area contributed by atoms with Gasteiger partial charge >= 0.3 is 0 Å². The van der Waals surface area contributed by atoms with Gasteiger partial charge in [0.05, 0.1) is 11.2 Å². The van der Waals surface area contributed by atoms with Crippen molar-refractivity contribution < 1.29 is 8.42 Å². The Hall–Kier alpha value is -0.830. The summed E-state index contributed by atoms with van der Waals surface area (Å²) in [5.41, 5.74) is 2.54. The van der Waals surface area contributed by atoms with Crippen LogP contribution in [0.25, 0.3) is 0 Å². The molecule has 2 rings (SSSR count). The van der Waals surface area contributed by atoms with Gasteiger partial charge in [-0.2, -0.15) is 0 Å². The number of sulfonamides is 1. The second-order valence-electron chi connectivity index (χ2n) is 3.52. The van der Waals surface area contributed by atoms with Crippen LogP contribution < -0.4 is 4.72 Å². The van der Waals surface area contributed by atoms with E-state index in [1.54, 1.807) is 5.51 Å². The smallest absolute Gasteiger partial charge is 0.242 e. The van der Waals surface area contributed by atoms with Gasteiger partial charge in [0.25, 0.3) is 0 Å². The number of rotatable bonds is 4. The van der Waals surface area contributed by atoms with Crippen LogP contribution in [0, 0.1) is 6.92 Å². The lowest BCUT2D eigenvalue weighted by Crippen LogP contribution is -2.23. The standard InChI is InChI=1S/C10H10BrN3O2S2/c1-7-10(17-6-13-7)5-14-18(15,16)9-2-8(11)3-12-4-9/h2-4,6,14H,5H2,1H3. The van der Waals surface area contributed by atoms with Gasteiger partial charge in [0.15, 0.2) is 0 Å². The summed E-state index contributed by atoms with van der Waals surface area (Å²) >= 11 is 4.62. The molecule has 2 heterocycles. The number of aromatic nitrogens is 2. The topological polar surface area (TPSA) is 72.0 Å². The van der Waals surface area contributed by atoms with Gasteiger partial charge in [-0.05, 0) is 28.9 Å². The van der Waals surface area contributed by atoms with Crippen molar-refractivity contribution in [2.45, 2.75) is 18.4 Å². The lowest BCUT2D eigenvalue weighted by atomic mass is 10.4. The Morgan fingerprint density at radius 3 is 2.83 bits per heavy atom. The Labute approximate surface area is 117 Å². The highest BCUT2D eigenvalue weighted by Gasteiger charge is 2.15. The number of thiazole rings is 1. The Balaban J connectivity index is 2.16. The van der Waals surface area contributed by atoms with Crippen LogP contribution in [0.15, 0.2) is 33.3 Å². The third-order valence-electron chi connectivity index (χ3n) is 2.26. The fraction of sp³-hybridized carbons (Fsp3) is 0.200. The summed E-state index contributed by atoms with van der Waals surface area (Å²) in [5.74, 6) is 0. The molecular formula is C10H10BrN3O2S2. The minimum absolute atomic E-state index is 0.138. The highest BCUT2D eigenvalue weighted by atomic mass is 79.9. The summed E-state index contributed by atoms with van der Waals surface area (Å²) in [6.45, 7) is 2.09. The number of pyridine rings is 1. The summed E-state index contributed by atoms with van der Waals surface area (Å²) in [6, 6.07) is 1.51. The molecule has 8 heteroatoms. The maximum atomic E-state index is 12.0. The van der Waals surface area contributed by atoms with Crippen LogP contribution in [0.3, 0.4) is 0 Å². The highest BCUT2D eigenvalue weighted by Crippen LogP contribution is 2.16. The highest BCUT2D eigenvalue weighted by molar-refractivity contribution is 9.10. The lowest BCUT2D eigenvalue weighted by Gasteiger charge is -2.05. The van der Waals surface area contributed by atoms with E-state index in [1.807, 2.05) is 6.92 Å². The molecule has 2 aromatic heterocycles. The first-order valence-corrected chi connectivity index (χ1v) is 8.14. The zero-order chi connectivity index (χ0) is 13.2. The fourth-order valence-electron chi connectivity index (χ4n) is 1.28. The lowest BCUT2D eigenvalue weighted by molar-refractivity contribution is 0.581. The molecule has 0 radical (unpaired) electrons. The second kappa shape index (κ2) is 5.43. The largest absolute Gasteiger partial charge is 0.262 e. The molecule has 0 fully saturated rings. The molecule has 0 aliphatic heterocycles. The monoisotopic (exact) mass is 347 g/mol. The van der Waals surface area contributed by atoms with Crippen molar-refractivity contribution in [3.63, 3.8) is 0 Å². The molecule has 0 aliphatic rings. The number of hydrogen-bond acceptors (Lipinski definition) is 5. The summed E-state index contributed by atoms with van der Waals surface area (Å²) in [7, 11) is -3.54. The number of nitrogens with zero attached hydrogens (tertiary/aromatic N) is 2. The Morgan fingerprint density at radius 1 is 1.44 bits per heavy atom. The van der Waals surface area contributed by atoms with Gasteiger partial charge in [0.1, 0.15) is 4.90 Å². The maximum absolute atomic E-state index is 12.0. The van der Waals surface area contributed by atoms with Crippen molar-refractivity contribution >= 4 is 37.3 Å². The molecule has 18 heavy (non-hydrogen) atoms. The van der Waals surface area contributed by atoms with Crippen LogP contribution in [-0.4, -0.2) is 18.4 Å². The SMILES string of the molecule is Cc1ncsc1CNS(=O)(=O)c1cncc(Br)c1. The van der Waals surface area contributed by atoms with Crippen molar-refractivity contribution in [1.82, 2.24) is 14.7 Å². The number of halogens is 1. The van der Waals surface area contributed by atoms with Gasteiger partial charge in [0, 0.05) is 28.3 Å². The first-order chi connectivity index (χ1) is 8.49. The third kappa shape index (κ3) is 3.14. The fourth-order valence-corrected chi connectivity index (χ4v) is 3.59. The predicted molar refractivity (Wildman–Crippen MR) is 72.8 cm³/mol. The van der Waals surface area contributed by atoms with Crippen LogP contribution in [-0.2, 0) is 16.6 Å². The summed E-state index contributed by atoms with van der Waals surface area (Å²) in [4.78, 5) is 8.95. The number of nitrogens with one attached hydrogen (secondary N) is 1. The van der Waals surface area contributed by atoms with E-state index < -0.39 is 10.0 Å². The zero-order valence-electron chi connectivity index (χ0n) is 9.42. The first-order valence-electron chi connectivity index (χ1n) is 4.98. The van der Waals surface area contributed by atoms with Crippen LogP contribution in [0.5, 0.6) is 0 Å². The molecule has 0 saturated heterocycles. The van der Waals surface area contributed by atoms with Gasteiger partial charge < -0.3 is 0 Å². The maximum Gasteiger partial charge on any atom is 0.242 e. The van der Waals surface area contributed by atoms with Gasteiger partial charge in [-0.25, -0.2) is 18.1 Å². The van der Waals surface area contributed by atoms with Crippen LogP contribution in [0.4, 0.5) is 0 Å². The van der Waals surface area contributed by atoms with Crippen LogP contribution in [0.1, 0.15) is 10.6 Å². The number of aryl methyl sites for hydroxylation is 1. The Morgan fingerprint density at radius 2 is 2.22 bits per heavy atom. The van der Waals surface area contributed by atoms with Crippen LogP contribution in [0.2, 0.25) is 0 Å². The molecule has 0 amide bonds. The summed E-state index contributed by atoms with van der Waals surface area (Å²) < 4.78 is 27.2. The van der Waals surface area contributed by atoms with E-state index in [1.165, 1.54) is 29.8 Å². The molecule has 0 unspecified atom stereocenters. The normalized spacial score (nSPS) is 11.7. The molecule has 5 nitrogen and oxygen atoms in total. The molecule has 96 valence electrons. The molecule has 1 N–H and O–H groups in total. The quantitative estimate of drug-likeness (QED) is 0.918. The molecule has 0 aromatic carbocycles. The van der Waals surface area contributed by atoms with Crippen molar-refractivity contribution in [2.75, 3.05) is 0 Å². The van der Waals surface area contributed by atoms with E-state index >= 15 is 0 Å². The van der Waals surface area contributed by atoms with Crippen molar-refractivity contribution in [3.05, 3.63) is 39.0 Å². The van der Waals surface area contributed by atoms with Gasteiger partial charge in [-0.3, -0.25) is 4.98 Å². The molecule has 0 spiro atoms. The minimum Gasteiger partial charge on any atom is -0.262 e. The second-order valence-corrected chi connectivity index (χ2v) is 7.15. The van der Waals surface area contributed by atoms with Crippen molar-refractivity contribution in [3.8, 4) is 0 Å². The van der Waals surface area contributed by atoms with Crippen molar-refractivity contribution in [2.24, 2.45) is 0 Å². The van der Waals surface area contributed by atoms with E-state index in [2.05, 4.69) is 30.6 Å². The average Bonchev–Trinajstić information content (AvgIpc) is 2.72. The van der Waals surface area contributed by atoms with Gasteiger partial charge in [-0.15, -0.1) is 11.3 Å². The van der Waals surface area contributed by atoms with Crippen molar-refractivity contribution in [1.29, 1.82) is 0 Å². The molecule has 0 bridgehead atoms. The van der Waals surface area contributed by atoms with Gasteiger partial charge in [-0.1, -0.05) is 0 Å². The predicted octanol–water partition coefficient (Wildman–Crippen LogP) is 2.09. The molecule has 2 aromatic rings. The van der Waals surface area contributed by atoms with E-state index in [4.69, 9.17) is 0 Å². The first kappa shape index (κ1) is 13.6. The molecular weight excluding hydrogens is 338 g/mol. The van der Waals surface area contributed by atoms with E-state index in [9.17, 15) is 8.42 Å². The third-order valence-corrected chi connectivity index (χ3v) is 4.99. The molecule has 0 aliphatic carbocycles. The van der Waals surface area contributed by atoms with E-state index in [-0.39, 0.29) is 11.4 Å². The Kier molecular flexibility index (Phi) is 4.10. The summed E-state index contributed by atoms with van der Waals surface area (Å²) in [5, 5.41) is 0.